The maximum Gasteiger partial charge on any atom is 0.266 e. The summed E-state index contributed by atoms with van der Waals surface area (Å²) in [4.78, 5) is 12.8. The first-order chi connectivity index (χ1) is 15.5. The summed E-state index contributed by atoms with van der Waals surface area (Å²) in [7, 11) is 0. The molecule has 0 fully saturated rings. The Labute approximate surface area is 199 Å². The van der Waals surface area contributed by atoms with E-state index in [0.717, 1.165) is 32.2 Å². The van der Waals surface area contributed by atoms with E-state index in [1.54, 1.807) is 30.3 Å². The average Bonchev–Trinajstić information content (AvgIpc) is 3.04. The van der Waals surface area contributed by atoms with Crippen molar-refractivity contribution in [2.75, 3.05) is 5.32 Å². The van der Waals surface area contributed by atoms with Crippen LogP contribution in [-0.4, -0.2) is 10.5 Å². The number of rotatable bonds is 5. The number of carbonyl (C=O) groups excluding carboxylic acids is 1. The molecule has 0 unspecified atom stereocenters. The smallest absolute Gasteiger partial charge is 0.266 e. The van der Waals surface area contributed by atoms with E-state index in [9.17, 15) is 10.1 Å². The number of anilines is 1. The number of hydrogen-bond acceptors (Lipinski definition) is 2. The number of nitrogens with zero attached hydrogens (tertiary/aromatic N) is 2. The number of benzene rings is 3. The van der Waals surface area contributed by atoms with Crippen LogP contribution >= 0.6 is 27.5 Å². The zero-order valence-corrected chi connectivity index (χ0v) is 19.6. The fourth-order valence-electron chi connectivity index (χ4n) is 3.67. The van der Waals surface area contributed by atoms with Crippen LogP contribution in [0.15, 0.2) is 82.8 Å². The van der Waals surface area contributed by atoms with Gasteiger partial charge >= 0.3 is 0 Å². The van der Waals surface area contributed by atoms with E-state index in [1.165, 1.54) is 0 Å². The molecule has 3 aromatic carbocycles. The van der Waals surface area contributed by atoms with Gasteiger partial charge in [-0.2, -0.15) is 5.26 Å². The van der Waals surface area contributed by atoms with Crippen LogP contribution < -0.4 is 5.32 Å². The van der Waals surface area contributed by atoms with Gasteiger partial charge in [-0.25, -0.2) is 0 Å². The Morgan fingerprint density at radius 2 is 1.88 bits per heavy atom. The number of carbonyl (C=O) groups is 1. The molecular formula is C26H19BrClN3O. The third kappa shape index (κ3) is 4.62. The summed E-state index contributed by atoms with van der Waals surface area (Å²) in [6.45, 7) is 2.69. The molecule has 4 aromatic rings. The van der Waals surface area contributed by atoms with E-state index >= 15 is 0 Å². The maximum absolute atomic E-state index is 12.8. The van der Waals surface area contributed by atoms with Crippen molar-refractivity contribution in [1.82, 2.24) is 4.57 Å². The Hall–Kier alpha value is -3.33. The Balaban J connectivity index is 1.73. The number of fused-ring (bicyclic) bond motifs is 1. The van der Waals surface area contributed by atoms with Gasteiger partial charge in [-0.1, -0.05) is 63.9 Å². The molecule has 0 atom stereocenters. The van der Waals surface area contributed by atoms with Gasteiger partial charge in [-0.3, -0.25) is 4.79 Å². The second-order valence-corrected chi connectivity index (χ2v) is 8.72. The van der Waals surface area contributed by atoms with E-state index < -0.39 is 5.91 Å². The molecule has 1 aromatic heterocycles. The lowest BCUT2D eigenvalue weighted by atomic mass is 10.1. The van der Waals surface area contributed by atoms with Crippen LogP contribution in [0, 0.1) is 18.3 Å². The average molecular weight is 505 g/mol. The Kier molecular flexibility index (Phi) is 6.45. The summed E-state index contributed by atoms with van der Waals surface area (Å²) in [6, 6.07) is 25.1. The molecule has 1 N–H and O–H groups in total. The number of amides is 1. The monoisotopic (exact) mass is 503 g/mol. The van der Waals surface area contributed by atoms with Gasteiger partial charge in [0.1, 0.15) is 11.6 Å². The van der Waals surface area contributed by atoms with Gasteiger partial charge in [0.15, 0.2) is 0 Å². The predicted octanol–water partition coefficient (Wildman–Crippen LogP) is 6.96. The minimum Gasteiger partial charge on any atom is -0.340 e. The molecule has 1 heterocycles. The van der Waals surface area contributed by atoms with E-state index in [-0.39, 0.29) is 5.57 Å². The van der Waals surface area contributed by atoms with Crippen LogP contribution in [0.5, 0.6) is 0 Å². The van der Waals surface area contributed by atoms with Gasteiger partial charge < -0.3 is 9.88 Å². The van der Waals surface area contributed by atoms with Crippen molar-refractivity contribution in [3.05, 3.63) is 105 Å². The molecule has 4 nitrogen and oxygen atoms in total. The molecule has 0 aliphatic heterocycles. The molecule has 0 saturated heterocycles. The highest BCUT2D eigenvalue weighted by molar-refractivity contribution is 9.10. The molecular weight excluding hydrogens is 486 g/mol. The summed E-state index contributed by atoms with van der Waals surface area (Å²) < 4.78 is 3.23. The predicted molar refractivity (Wildman–Crippen MR) is 134 cm³/mol. The number of nitrogens with one attached hydrogen (secondary N) is 1. The molecule has 4 rings (SSSR count). The minimum atomic E-state index is -0.473. The molecule has 32 heavy (non-hydrogen) atoms. The fraction of sp³-hybridized carbons (Fsp3) is 0.0769. The van der Waals surface area contributed by atoms with Crippen molar-refractivity contribution >= 4 is 56.1 Å². The van der Waals surface area contributed by atoms with Crippen LogP contribution in [0.4, 0.5) is 5.69 Å². The van der Waals surface area contributed by atoms with Crippen LogP contribution in [0.2, 0.25) is 5.02 Å². The lowest BCUT2D eigenvalue weighted by Gasteiger charge is -2.09. The lowest BCUT2D eigenvalue weighted by Crippen LogP contribution is -2.13. The summed E-state index contributed by atoms with van der Waals surface area (Å²) in [5.41, 5.74) is 4.61. The summed E-state index contributed by atoms with van der Waals surface area (Å²) in [5.74, 6) is -0.473. The number of halogens is 2. The third-order valence-corrected chi connectivity index (χ3v) is 6.03. The van der Waals surface area contributed by atoms with Gasteiger partial charge in [-0.15, -0.1) is 0 Å². The van der Waals surface area contributed by atoms with E-state index in [2.05, 4.69) is 44.0 Å². The van der Waals surface area contributed by atoms with E-state index in [0.29, 0.717) is 17.3 Å². The van der Waals surface area contributed by atoms with Crippen molar-refractivity contribution < 1.29 is 4.79 Å². The number of nitriles is 1. The van der Waals surface area contributed by atoms with Gasteiger partial charge in [0.05, 0.1) is 0 Å². The zero-order chi connectivity index (χ0) is 22.7. The number of para-hydroxylation sites is 1. The summed E-state index contributed by atoms with van der Waals surface area (Å²) in [6.07, 6.45) is 1.66. The maximum atomic E-state index is 12.8. The van der Waals surface area contributed by atoms with Crippen LogP contribution in [-0.2, 0) is 11.3 Å². The molecule has 1 amide bonds. The summed E-state index contributed by atoms with van der Waals surface area (Å²) >= 11 is 9.47. The van der Waals surface area contributed by atoms with Crippen molar-refractivity contribution in [2.45, 2.75) is 13.5 Å². The van der Waals surface area contributed by atoms with E-state index in [4.69, 9.17) is 11.6 Å². The molecule has 0 saturated carbocycles. The largest absolute Gasteiger partial charge is 0.340 e. The fourth-order valence-corrected chi connectivity index (χ4v) is 4.13. The van der Waals surface area contributed by atoms with Crippen LogP contribution in [0.1, 0.15) is 16.8 Å². The lowest BCUT2D eigenvalue weighted by molar-refractivity contribution is -0.112. The number of aromatic nitrogens is 1. The highest BCUT2D eigenvalue weighted by Crippen LogP contribution is 2.29. The topological polar surface area (TPSA) is 57.8 Å². The first kappa shape index (κ1) is 21.9. The highest BCUT2D eigenvalue weighted by Gasteiger charge is 2.16. The zero-order valence-electron chi connectivity index (χ0n) is 17.3. The SMILES string of the molecule is Cc1c(/C=C(\C#N)C(=O)Nc2cccc(Cl)c2)c2ccccc2n1Cc1ccc(Br)cc1. The van der Waals surface area contributed by atoms with E-state index in [1.807, 2.05) is 43.3 Å². The van der Waals surface area contributed by atoms with Crippen molar-refractivity contribution in [3.63, 3.8) is 0 Å². The normalized spacial score (nSPS) is 11.4. The van der Waals surface area contributed by atoms with Crippen LogP contribution in [0.3, 0.4) is 0 Å². The first-order valence-electron chi connectivity index (χ1n) is 9.97. The highest BCUT2D eigenvalue weighted by atomic mass is 79.9. The van der Waals surface area contributed by atoms with Crippen molar-refractivity contribution in [3.8, 4) is 6.07 Å². The Morgan fingerprint density at radius 1 is 1.12 bits per heavy atom. The molecule has 158 valence electrons. The Morgan fingerprint density at radius 3 is 2.59 bits per heavy atom. The van der Waals surface area contributed by atoms with Gasteiger partial charge in [-0.05, 0) is 55.0 Å². The second-order valence-electron chi connectivity index (χ2n) is 7.36. The standard InChI is InChI=1S/C26H19BrClN3O/c1-17-24(13-19(15-29)26(32)30-22-6-4-5-21(28)14-22)23-7-2-3-8-25(23)31(17)16-18-9-11-20(27)12-10-18/h2-14H,16H2,1H3,(H,30,32)/b19-13+. The second kappa shape index (κ2) is 9.44. The van der Waals surface area contributed by atoms with Gasteiger partial charge in [0.2, 0.25) is 0 Å². The molecule has 0 radical (unpaired) electrons. The minimum absolute atomic E-state index is 0.0274. The molecule has 6 heteroatoms. The number of hydrogen-bond donors (Lipinski definition) is 1. The molecule has 0 bridgehead atoms. The van der Waals surface area contributed by atoms with Crippen molar-refractivity contribution in [1.29, 1.82) is 5.26 Å². The van der Waals surface area contributed by atoms with Crippen LogP contribution in [0.25, 0.3) is 17.0 Å². The quantitative estimate of drug-likeness (QED) is 0.236. The molecule has 0 spiro atoms. The third-order valence-electron chi connectivity index (χ3n) is 5.27. The van der Waals surface area contributed by atoms with Gasteiger partial charge in [0, 0.05) is 43.9 Å². The van der Waals surface area contributed by atoms with Crippen molar-refractivity contribution in [2.24, 2.45) is 0 Å². The Bertz CT molecular complexity index is 1380. The molecule has 0 aliphatic rings. The first-order valence-corrected chi connectivity index (χ1v) is 11.1. The summed E-state index contributed by atoms with van der Waals surface area (Å²) in [5, 5.41) is 14.0. The molecule has 0 aliphatic carbocycles. The van der Waals surface area contributed by atoms with Gasteiger partial charge in [0.25, 0.3) is 5.91 Å².